The average Bonchev–Trinajstić information content (AvgIpc) is 3.02. The van der Waals surface area contributed by atoms with Crippen molar-refractivity contribution >= 4 is 5.91 Å². The molecule has 0 aromatic carbocycles. The topological polar surface area (TPSA) is 49.3 Å². The highest BCUT2D eigenvalue weighted by molar-refractivity contribution is 5.79. The van der Waals surface area contributed by atoms with Gasteiger partial charge in [0.05, 0.1) is 0 Å². The summed E-state index contributed by atoms with van der Waals surface area (Å²) in [4.78, 5) is 11.7. The van der Waals surface area contributed by atoms with Crippen LogP contribution in [0.4, 0.5) is 0 Å². The van der Waals surface area contributed by atoms with E-state index in [9.17, 15) is 4.79 Å². The predicted molar refractivity (Wildman–Crippen MR) is 53.7 cm³/mol. The zero-order chi connectivity index (χ0) is 9.97. The highest BCUT2D eigenvalue weighted by Gasteiger charge is 2.30. The first-order valence-electron chi connectivity index (χ1n) is 5.71. The molecule has 0 unspecified atom stereocenters. The summed E-state index contributed by atoms with van der Waals surface area (Å²) < 4.78 is 0. The Morgan fingerprint density at radius 1 is 1.14 bits per heavy atom. The van der Waals surface area contributed by atoms with Crippen LogP contribution in [0.2, 0.25) is 0 Å². The third-order valence-corrected chi connectivity index (χ3v) is 3.40. The van der Waals surface area contributed by atoms with Crippen LogP contribution in [0.1, 0.15) is 38.5 Å². The maximum atomic E-state index is 11.7. The molecule has 80 valence electrons. The summed E-state index contributed by atoms with van der Waals surface area (Å²) in [6.07, 6.45) is 6.28. The lowest BCUT2D eigenvalue weighted by Gasteiger charge is -2.26. The number of aliphatic hydroxyl groups is 1. The molecule has 2 rings (SSSR count). The van der Waals surface area contributed by atoms with E-state index in [1.807, 2.05) is 0 Å². The highest BCUT2D eigenvalue weighted by atomic mass is 16.3. The van der Waals surface area contributed by atoms with Crippen molar-refractivity contribution in [3.63, 3.8) is 0 Å². The summed E-state index contributed by atoms with van der Waals surface area (Å²) in [5, 5.41) is 12.0. The second kappa shape index (κ2) is 4.30. The molecule has 14 heavy (non-hydrogen) atoms. The van der Waals surface area contributed by atoms with Crippen LogP contribution in [0, 0.1) is 11.8 Å². The first-order chi connectivity index (χ1) is 6.79. The van der Waals surface area contributed by atoms with Crippen molar-refractivity contribution < 1.29 is 9.90 Å². The second-order valence-electron chi connectivity index (χ2n) is 4.68. The van der Waals surface area contributed by atoms with Gasteiger partial charge in [0, 0.05) is 18.6 Å². The smallest absolute Gasteiger partial charge is 0.223 e. The van der Waals surface area contributed by atoms with E-state index in [1.165, 1.54) is 0 Å². The molecule has 0 heterocycles. The van der Waals surface area contributed by atoms with Gasteiger partial charge >= 0.3 is 0 Å². The minimum Gasteiger partial charge on any atom is -0.396 e. The van der Waals surface area contributed by atoms with Crippen LogP contribution in [0.3, 0.4) is 0 Å². The van der Waals surface area contributed by atoms with Crippen molar-refractivity contribution in [2.45, 2.75) is 44.6 Å². The molecule has 3 nitrogen and oxygen atoms in total. The van der Waals surface area contributed by atoms with Crippen LogP contribution >= 0.6 is 0 Å². The fourth-order valence-electron chi connectivity index (χ4n) is 2.15. The Bertz CT molecular complexity index is 205. The molecule has 2 saturated carbocycles. The second-order valence-corrected chi connectivity index (χ2v) is 4.68. The third kappa shape index (κ3) is 2.47. The molecule has 2 fully saturated rings. The largest absolute Gasteiger partial charge is 0.396 e. The highest BCUT2D eigenvalue weighted by Crippen LogP contribution is 2.29. The van der Waals surface area contributed by atoms with Crippen LogP contribution in [0.5, 0.6) is 0 Å². The predicted octanol–water partition coefficient (Wildman–Crippen LogP) is 1.06. The zero-order valence-electron chi connectivity index (χ0n) is 8.54. The van der Waals surface area contributed by atoms with E-state index in [0.29, 0.717) is 12.0 Å². The van der Waals surface area contributed by atoms with Crippen LogP contribution in [0.15, 0.2) is 0 Å². The summed E-state index contributed by atoms with van der Waals surface area (Å²) in [6.45, 7) is 0.289. The van der Waals surface area contributed by atoms with Crippen LogP contribution in [-0.2, 0) is 4.79 Å². The molecule has 0 aliphatic heterocycles. The molecule has 0 bridgehead atoms. The van der Waals surface area contributed by atoms with Crippen molar-refractivity contribution in [2.24, 2.45) is 11.8 Å². The first kappa shape index (κ1) is 9.97. The van der Waals surface area contributed by atoms with Gasteiger partial charge in [0.15, 0.2) is 0 Å². The lowest BCUT2D eigenvalue weighted by Crippen LogP contribution is -2.34. The van der Waals surface area contributed by atoms with Gasteiger partial charge in [-0.1, -0.05) is 0 Å². The van der Waals surface area contributed by atoms with Gasteiger partial charge < -0.3 is 10.4 Å². The standard InChI is InChI=1S/C11H19NO2/c13-7-8-1-3-9(4-2-8)11(14)12-10-5-6-10/h8-10,13H,1-7H2,(H,12,14). The maximum absolute atomic E-state index is 11.7. The van der Waals surface area contributed by atoms with E-state index in [1.54, 1.807) is 0 Å². The SMILES string of the molecule is O=C(NC1CC1)C1CCC(CO)CC1. The molecule has 0 aromatic rings. The normalized spacial score (nSPS) is 32.6. The third-order valence-electron chi connectivity index (χ3n) is 3.40. The molecular formula is C11H19NO2. The van der Waals surface area contributed by atoms with Gasteiger partial charge in [-0.25, -0.2) is 0 Å². The Morgan fingerprint density at radius 2 is 1.79 bits per heavy atom. The summed E-state index contributed by atoms with van der Waals surface area (Å²) in [6, 6.07) is 0.484. The molecule has 0 spiro atoms. The van der Waals surface area contributed by atoms with Crippen molar-refractivity contribution in [3.8, 4) is 0 Å². The van der Waals surface area contributed by atoms with Crippen LogP contribution < -0.4 is 5.32 Å². The van der Waals surface area contributed by atoms with Gasteiger partial charge in [0.25, 0.3) is 0 Å². The summed E-state index contributed by atoms with van der Waals surface area (Å²) in [5.74, 6) is 0.919. The van der Waals surface area contributed by atoms with Gasteiger partial charge in [-0.3, -0.25) is 4.79 Å². The molecule has 0 radical (unpaired) electrons. The van der Waals surface area contributed by atoms with Crippen molar-refractivity contribution in [1.29, 1.82) is 0 Å². The van der Waals surface area contributed by atoms with E-state index in [4.69, 9.17) is 5.11 Å². The Balaban J connectivity index is 1.73. The lowest BCUT2D eigenvalue weighted by molar-refractivity contribution is -0.126. The molecule has 0 atom stereocenters. The number of hydrogen-bond acceptors (Lipinski definition) is 2. The molecule has 0 aromatic heterocycles. The quantitative estimate of drug-likeness (QED) is 0.711. The number of carbonyl (C=O) groups is 1. The maximum Gasteiger partial charge on any atom is 0.223 e. The number of hydrogen-bond donors (Lipinski definition) is 2. The van der Waals surface area contributed by atoms with Gasteiger partial charge in [0.2, 0.25) is 5.91 Å². The fraction of sp³-hybridized carbons (Fsp3) is 0.909. The number of rotatable bonds is 3. The molecule has 2 aliphatic carbocycles. The summed E-state index contributed by atoms with van der Waals surface area (Å²) >= 11 is 0. The van der Waals surface area contributed by atoms with E-state index in [-0.39, 0.29) is 18.4 Å². The number of carbonyl (C=O) groups excluding carboxylic acids is 1. The van der Waals surface area contributed by atoms with E-state index >= 15 is 0 Å². The lowest BCUT2D eigenvalue weighted by atomic mass is 9.82. The first-order valence-corrected chi connectivity index (χ1v) is 5.71. The van der Waals surface area contributed by atoms with Crippen LogP contribution in [0.25, 0.3) is 0 Å². The Kier molecular flexibility index (Phi) is 3.06. The Morgan fingerprint density at radius 3 is 2.29 bits per heavy atom. The zero-order valence-corrected chi connectivity index (χ0v) is 8.54. The van der Waals surface area contributed by atoms with Crippen molar-refractivity contribution in [2.75, 3.05) is 6.61 Å². The average molecular weight is 197 g/mol. The van der Waals surface area contributed by atoms with Crippen molar-refractivity contribution in [3.05, 3.63) is 0 Å². The monoisotopic (exact) mass is 197 g/mol. The number of amides is 1. The van der Waals surface area contributed by atoms with Gasteiger partial charge in [-0.15, -0.1) is 0 Å². The minimum atomic E-state index is 0.221. The molecule has 1 amide bonds. The molecule has 2 N–H and O–H groups in total. The Hall–Kier alpha value is -0.570. The van der Waals surface area contributed by atoms with E-state index in [2.05, 4.69) is 5.32 Å². The van der Waals surface area contributed by atoms with E-state index < -0.39 is 0 Å². The molecular weight excluding hydrogens is 178 g/mol. The number of aliphatic hydroxyl groups excluding tert-OH is 1. The summed E-state index contributed by atoms with van der Waals surface area (Å²) in [7, 11) is 0. The minimum absolute atomic E-state index is 0.221. The van der Waals surface area contributed by atoms with Crippen LogP contribution in [-0.4, -0.2) is 23.7 Å². The fourth-order valence-corrected chi connectivity index (χ4v) is 2.15. The van der Waals surface area contributed by atoms with Gasteiger partial charge in [-0.05, 0) is 44.4 Å². The van der Waals surface area contributed by atoms with Gasteiger partial charge in [0.1, 0.15) is 0 Å². The molecule has 2 aliphatic rings. The molecule has 3 heteroatoms. The van der Waals surface area contributed by atoms with E-state index in [0.717, 1.165) is 38.5 Å². The molecule has 0 saturated heterocycles. The Labute approximate surface area is 84.9 Å². The van der Waals surface area contributed by atoms with Crippen molar-refractivity contribution in [1.82, 2.24) is 5.32 Å². The number of nitrogens with one attached hydrogen (secondary N) is 1. The van der Waals surface area contributed by atoms with Gasteiger partial charge in [-0.2, -0.15) is 0 Å². The summed E-state index contributed by atoms with van der Waals surface area (Å²) in [5.41, 5.74) is 0.